The zero-order valence-electron chi connectivity index (χ0n) is 7.40. The van der Waals surface area contributed by atoms with Gasteiger partial charge in [0.15, 0.2) is 0 Å². The first kappa shape index (κ1) is 9.15. The summed E-state index contributed by atoms with van der Waals surface area (Å²) in [4.78, 5) is 12.1. The molecule has 0 aromatic heterocycles. The first-order chi connectivity index (χ1) is 6.24. The van der Waals surface area contributed by atoms with E-state index in [1.54, 1.807) is 4.81 Å². The van der Waals surface area contributed by atoms with E-state index in [4.69, 9.17) is 5.73 Å². The van der Waals surface area contributed by atoms with Gasteiger partial charge >= 0.3 is 0 Å². The zero-order chi connectivity index (χ0) is 9.42. The third-order valence-corrected chi connectivity index (χ3v) is 3.24. The number of carbonyl (C=O) groups excluding carboxylic acids is 1. The maximum atomic E-state index is 13.5. The van der Waals surface area contributed by atoms with Crippen LogP contribution in [0.3, 0.4) is 0 Å². The normalized spacial score (nSPS) is 44.8. The number of nitrogens with zero attached hydrogens (tertiary/aromatic N) is 1. The van der Waals surface area contributed by atoms with Gasteiger partial charge in [-0.1, -0.05) is 0 Å². The van der Waals surface area contributed by atoms with Crippen molar-refractivity contribution in [3.63, 3.8) is 0 Å². The van der Waals surface area contributed by atoms with Gasteiger partial charge in [-0.3, -0.25) is 0 Å². The van der Waals surface area contributed by atoms with Gasteiger partial charge in [-0.05, 0) is 25.3 Å². The molecule has 3 aliphatic rings. The lowest BCUT2D eigenvalue weighted by molar-refractivity contribution is 0.0153. The number of carbonyl (C=O) groups is 1. The van der Waals surface area contributed by atoms with Crippen LogP contribution in [0, 0.1) is 5.92 Å². The van der Waals surface area contributed by atoms with E-state index in [0.717, 1.165) is 25.6 Å². The van der Waals surface area contributed by atoms with Crippen LogP contribution in [-0.4, -0.2) is 43.2 Å². The second-order valence-electron chi connectivity index (χ2n) is 3.91. The van der Waals surface area contributed by atoms with Crippen LogP contribution < -0.4 is 5.73 Å². The van der Waals surface area contributed by atoms with Gasteiger partial charge in [0.1, 0.15) is 6.17 Å². The van der Waals surface area contributed by atoms with E-state index in [1.165, 1.54) is 7.41 Å². The van der Waals surface area contributed by atoms with Crippen LogP contribution >= 0.6 is 0 Å². The molecule has 2 unspecified atom stereocenters. The Morgan fingerprint density at radius 3 is 2.92 bits per heavy atom. The van der Waals surface area contributed by atoms with Crippen molar-refractivity contribution in [1.82, 2.24) is 4.81 Å². The van der Waals surface area contributed by atoms with E-state index in [2.05, 4.69) is 0 Å². The second-order valence-corrected chi connectivity index (χ2v) is 3.91. The number of hydrogen-bond donors (Lipinski definition) is 1. The fraction of sp³-hybridized carbons (Fsp3) is 0.875. The smallest absolute Gasteiger partial charge is 0.293 e. The molecule has 13 heavy (non-hydrogen) atoms. The number of hydrogen-bond acceptors (Lipinski definition) is 3. The molecule has 2 saturated heterocycles. The monoisotopic (exact) mass is 183 g/mol. The molecule has 3 nitrogen and oxygen atoms in total. The summed E-state index contributed by atoms with van der Waals surface area (Å²) < 4.78 is 13.5. The van der Waals surface area contributed by atoms with Crippen LogP contribution in [-0.2, 0) is 4.79 Å². The highest BCUT2D eigenvalue weighted by Gasteiger charge is 2.46. The summed E-state index contributed by atoms with van der Waals surface area (Å²) in [5.41, 5.74) is 5.72. The molecule has 2 heterocycles. The average molecular weight is 183 g/mol. The van der Waals surface area contributed by atoms with E-state index < -0.39 is 6.17 Å². The Balaban J connectivity index is 2.09. The summed E-state index contributed by atoms with van der Waals surface area (Å²) >= 11 is 0. The van der Waals surface area contributed by atoms with Crippen molar-refractivity contribution < 1.29 is 9.18 Å². The quantitative estimate of drug-likeness (QED) is 0.466. The Morgan fingerprint density at radius 2 is 2.31 bits per heavy atom. The largest absolute Gasteiger partial charge is 0.334 e. The number of rotatable bonds is 2. The summed E-state index contributed by atoms with van der Waals surface area (Å²) in [5.74, 6) is 0.219. The van der Waals surface area contributed by atoms with Crippen molar-refractivity contribution in [1.29, 1.82) is 0 Å². The first-order valence-corrected chi connectivity index (χ1v) is 4.68. The lowest BCUT2D eigenvalue weighted by atomic mass is 9.71. The molecule has 0 amide bonds. The molecule has 0 aromatic carbocycles. The highest BCUT2D eigenvalue weighted by molar-refractivity contribution is 6.64. The van der Waals surface area contributed by atoms with Gasteiger partial charge in [-0.15, -0.1) is 0 Å². The Bertz CT molecular complexity index is 214. The van der Waals surface area contributed by atoms with Gasteiger partial charge in [0.2, 0.25) is 0 Å². The Labute approximate surface area is 77.7 Å². The summed E-state index contributed by atoms with van der Waals surface area (Å²) in [6.07, 6.45) is 1.57. The molecule has 2 bridgehead atoms. The SMILES string of the molecule is N[C@@H]1C2CCC([C@H]1F)N([B]C=O)C2. The van der Waals surface area contributed by atoms with Gasteiger partial charge in [-0.2, -0.15) is 0 Å². The molecule has 2 aliphatic heterocycles. The highest BCUT2D eigenvalue weighted by Crippen LogP contribution is 2.35. The fourth-order valence-corrected chi connectivity index (χ4v) is 2.47. The molecule has 0 spiro atoms. The number of nitrogens with two attached hydrogens (primary N) is 1. The van der Waals surface area contributed by atoms with Crippen LogP contribution in [0.5, 0.6) is 0 Å². The number of halogens is 1. The van der Waals surface area contributed by atoms with Gasteiger partial charge < -0.3 is 15.3 Å². The molecule has 3 fully saturated rings. The van der Waals surface area contributed by atoms with Crippen molar-refractivity contribution in [2.45, 2.75) is 31.1 Å². The second kappa shape index (κ2) is 3.38. The number of alkyl halides is 1. The van der Waals surface area contributed by atoms with Crippen LogP contribution in [0.15, 0.2) is 0 Å². The molecule has 1 radical (unpaired) electrons. The molecule has 4 atom stereocenters. The lowest BCUT2D eigenvalue weighted by Crippen LogP contribution is -2.64. The van der Waals surface area contributed by atoms with Crippen LogP contribution in [0.25, 0.3) is 0 Å². The zero-order valence-corrected chi connectivity index (χ0v) is 7.40. The van der Waals surface area contributed by atoms with Crippen molar-refractivity contribution in [2.75, 3.05) is 6.54 Å². The maximum absolute atomic E-state index is 13.5. The molecular formula is C8H13BFN2O. The van der Waals surface area contributed by atoms with Crippen LogP contribution in [0.1, 0.15) is 12.8 Å². The number of piperidine rings is 2. The maximum Gasteiger partial charge on any atom is 0.293 e. The van der Waals surface area contributed by atoms with Gasteiger partial charge in [0.25, 0.3) is 7.41 Å². The molecule has 5 heteroatoms. The minimum absolute atomic E-state index is 0.162. The minimum Gasteiger partial charge on any atom is -0.334 e. The third-order valence-electron chi connectivity index (χ3n) is 3.24. The molecule has 3 rings (SSSR count). The molecular weight excluding hydrogens is 170 g/mol. The number of fused-ring (bicyclic) bond motifs is 3. The molecule has 71 valence electrons. The lowest BCUT2D eigenvalue weighted by Gasteiger charge is -2.50. The molecule has 1 aliphatic carbocycles. The fourth-order valence-electron chi connectivity index (χ4n) is 2.47. The average Bonchev–Trinajstić information content (AvgIpc) is 2.14. The Morgan fingerprint density at radius 1 is 1.54 bits per heavy atom. The van der Waals surface area contributed by atoms with Gasteiger partial charge in [-0.25, -0.2) is 4.39 Å². The highest BCUT2D eigenvalue weighted by atomic mass is 19.1. The summed E-state index contributed by atoms with van der Waals surface area (Å²) in [5, 5.41) is 0. The molecule has 0 aromatic rings. The summed E-state index contributed by atoms with van der Waals surface area (Å²) in [6.45, 7) is 0.741. The van der Waals surface area contributed by atoms with Crippen molar-refractivity contribution in [2.24, 2.45) is 11.7 Å². The van der Waals surface area contributed by atoms with E-state index >= 15 is 0 Å². The third kappa shape index (κ3) is 1.40. The van der Waals surface area contributed by atoms with Crippen molar-refractivity contribution in [3.8, 4) is 0 Å². The molecule has 2 N–H and O–H groups in total. The topological polar surface area (TPSA) is 46.3 Å². The summed E-state index contributed by atoms with van der Waals surface area (Å²) in [7, 11) is 1.44. The Kier molecular flexibility index (Phi) is 2.38. The van der Waals surface area contributed by atoms with Crippen molar-refractivity contribution in [3.05, 3.63) is 0 Å². The van der Waals surface area contributed by atoms with E-state index in [9.17, 15) is 9.18 Å². The first-order valence-electron chi connectivity index (χ1n) is 4.68. The summed E-state index contributed by atoms with van der Waals surface area (Å²) in [6, 6.07) is -0.486. The van der Waals surface area contributed by atoms with E-state index in [0.29, 0.717) is 0 Å². The predicted molar refractivity (Wildman–Crippen MR) is 48.6 cm³/mol. The van der Waals surface area contributed by atoms with Gasteiger partial charge in [0.05, 0.1) is 6.19 Å². The minimum atomic E-state index is -0.969. The van der Waals surface area contributed by atoms with Crippen LogP contribution in [0.4, 0.5) is 4.39 Å². The van der Waals surface area contributed by atoms with Crippen molar-refractivity contribution >= 4 is 13.6 Å². The Hall–Kier alpha value is -0.415. The predicted octanol–water partition coefficient (Wildman–Crippen LogP) is -0.445. The van der Waals surface area contributed by atoms with E-state index in [1.807, 2.05) is 0 Å². The van der Waals surface area contributed by atoms with E-state index in [-0.39, 0.29) is 18.0 Å². The van der Waals surface area contributed by atoms with Gasteiger partial charge in [0, 0.05) is 12.1 Å². The van der Waals surface area contributed by atoms with Crippen LogP contribution in [0.2, 0.25) is 0 Å². The standard InChI is InChI=1S/C8H13BFN2O/c10-7-6-2-1-5(8(7)11)3-12(6)9-4-13/h4-8H,1-3,11H2/t5?,6?,7-,8-/m1/s1. The molecule has 1 saturated carbocycles.